The number of pyridine rings is 1. The third kappa shape index (κ3) is 2.25. The summed E-state index contributed by atoms with van der Waals surface area (Å²) in [6, 6.07) is 8.78. The van der Waals surface area contributed by atoms with Crippen molar-refractivity contribution >= 4 is 22.3 Å². The lowest BCUT2D eigenvalue weighted by Gasteiger charge is -2.31. The molecule has 0 bridgehead atoms. The van der Waals surface area contributed by atoms with Crippen molar-refractivity contribution in [3.05, 3.63) is 30.5 Å². The number of nitrogens with zero attached hydrogens (tertiary/aromatic N) is 1. The Hall–Kier alpha value is -1.77. The minimum Gasteiger partial charge on any atom is -0.382 e. The van der Waals surface area contributed by atoms with Gasteiger partial charge < -0.3 is 10.6 Å². The summed E-state index contributed by atoms with van der Waals surface area (Å²) in [7, 11) is 0. The van der Waals surface area contributed by atoms with Gasteiger partial charge in [-0.2, -0.15) is 0 Å². The number of aromatic nitrogens is 1. The van der Waals surface area contributed by atoms with Crippen molar-refractivity contribution in [3.63, 3.8) is 0 Å². The molecular weight excluding hydrogens is 234 g/mol. The number of anilines is 2. The molecule has 3 heteroatoms. The van der Waals surface area contributed by atoms with Crippen molar-refractivity contribution < 1.29 is 0 Å². The zero-order valence-corrected chi connectivity index (χ0v) is 11.8. The van der Waals surface area contributed by atoms with Crippen LogP contribution in [0.25, 0.3) is 10.9 Å². The molecule has 1 unspecified atom stereocenters. The molecule has 0 fully saturated rings. The van der Waals surface area contributed by atoms with Crippen LogP contribution in [0.4, 0.5) is 11.4 Å². The molecule has 1 atom stereocenters. The van der Waals surface area contributed by atoms with Crippen molar-refractivity contribution in [3.8, 4) is 0 Å². The first-order chi connectivity index (χ1) is 9.05. The van der Waals surface area contributed by atoms with E-state index in [0.717, 1.165) is 24.2 Å². The predicted octanol–water partition coefficient (Wildman–Crippen LogP) is 3.88. The van der Waals surface area contributed by atoms with E-state index in [4.69, 9.17) is 0 Å². The summed E-state index contributed by atoms with van der Waals surface area (Å²) >= 11 is 0. The summed E-state index contributed by atoms with van der Waals surface area (Å²) in [4.78, 5) is 4.52. The molecule has 3 nitrogen and oxygen atoms in total. The van der Waals surface area contributed by atoms with Crippen LogP contribution in [-0.2, 0) is 0 Å². The van der Waals surface area contributed by atoms with E-state index in [9.17, 15) is 0 Å². The van der Waals surface area contributed by atoms with Gasteiger partial charge in [0.1, 0.15) is 0 Å². The first kappa shape index (κ1) is 12.3. The highest BCUT2D eigenvalue weighted by Crippen LogP contribution is 2.36. The van der Waals surface area contributed by atoms with Gasteiger partial charge in [0.2, 0.25) is 0 Å². The monoisotopic (exact) mass is 255 g/mol. The fourth-order valence-electron chi connectivity index (χ4n) is 2.68. The SMILES string of the molecule is CC(C)(C)C1CCNc2cnc3ccccc3c2N1. The average molecular weight is 255 g/mol. The standard InChI is InChI=1S/C16H21N3/c1-16(2,3)14-8-9-17-13-10-18-12-7-5-4-6-11(12)15(13)19-14/h4-7,10,14,17,19H,8-9H2,1-3H3. The van der Waals surface area contributed by atoms with Crippen LogP contribution in [0.5, 0.6) is 0 Å². The van der Waals surface area contributed by atoms with Crippen molar-refractivity contribution in [1.82, 2.24) is 4.98 Å². The molecule has 2 N–H and O–H groups in total. The maximum absolute atomic E-state index is 4.52. The number of para-hydroxylation sites is 1. The molecule has 1 aromatic heterocycles. The van der Waals surface area contributed by atoms with E-state index < -0.39 is 0 Å². The Bertz CT molecular complexity index is 598. The van der Waals surface area contributed by atoms with Gasteiger partial charge in [-0.25, -0.2) is 0 Å². The lowest BCUT2D eigenvalue weighted by Crippen LogP contribution is -2.34. The Morgan fingerprint density at radius 3 is 2.79 bits per heavy atom. The van der Waals surface area contributed by atoms with Gasteiger partial charge in [0.25, 0.3) is 0 Å². The van der Waals surface area contributed by atoms with E-state index in [1.54, 1.807) is 0 Å². The third-order valence-corrected chi connectivity index (χ3v) is 3.89. The van der Waals surface area contributed by atoms with Gasteiger partial charge in [-0.15, -0.1) is 0 Å². The third-order valence-electron chi connectivity index (χ3n) is 3.89. The first-order valence-electron chi connectivity index (χ1n) is 6.94. The highest BCUT2D eigenvalue weighted by Gasteiger charge is 2.27. The topological polar surface area (TPSA) is 37.0 Å². The van der Waals surface area contributed by atoms with Crippen LogP contribution in [-0.4, -0.2) is 17.6 Å². The number of rotatable bonds is 0. The van der Waals surface area contributed by atoms with Crippen molar-refractivity contribution in [2.24, 2.45) is 5.41 Å². The molecule has 0 amide bonds. The minimum absolute atomic E-state index is 0.244. The van der Waals surface area contributed by atoms with Crippen molar-refractivity contribution in [1.29, 1.82) is 0 Å². The van der Waals surface area contributed by atoms with Gasteiger partial charge in [0, 0.05) is 18.0 Å². The second-order valence-corrected chi connectivity index (χ2v) is 6.34. The number of hydrogen-bond acceptors (Lipinski definition) is 3. The molecule has 3 rings (SSSR count). The molecule has 1 aliphatic rings. The van der Waals surface area contributed by atoms with E-state index in [1.807, 2.05) is 12.3 Å². The lowest BCUT2D eigenvalue weighted by atomic mass is 9.84. The molecule has 1 aliphatic heterocycles. The molecular formula is C16H21N3. The Balaban J connectivity index is 2.12. The summed E-state index contributed by atoms with van der Waals surface area (Å²) in [6.07, 6.45) is 3.06. The van der Waals surface area contributed by atoms with Gasteiger partial charge in [0.05, 0.1) is 23.1 Å². The average Bonchev–Trinajstić information content (AvgIpc) is 2.60. The Labute approximate surface area is 114 Å². The summed E-state index contributed by atoms with van der Waals surface area (Å²) in [6.45, 7) is 7.86. The van der Waals surface area contributed by atoms with Crippen LogP contribution in [0.15, 0.2) is 30.5 Å². The predicted molar refractivity (Wildman–Crippen MR) is 81.7 cm³/mol. The zero-order chi connectivity index (χ0) is 13.5. The van der Waals surface area contributed by atoms with Crippen LogP contribution in [0.1, 0.15) is 27.2 Å². The summed E-state index contributed by atoms with van der Waals surface area (Å²) < 4.78 is 0. The number of fused-ring (bicyclic) bond motifs is 3. The Morgan fingerprint density at radius 1 is 1.21 bits per heavy atom. The van der Waals surface area contributed by atoms with Crippen molar-refractivity contribution in [2.45, 2.75) is 33.2 Å². The van der Waals surface area contributed by atoms with Crippen LogP contribution in [0, 0.1) is 5.41 Å². The van der Waals surface area contributed by atoms with Crippen LogP contribution >= 0.6 is 0 Å². The highest BCUT2D eigenvalue weighted by atomic mass is 15.0. The molecule has 1 aromatic carbocycles. The molecule has 0 spiro atoms. The number of nitrogens with one attached hydrogen (secondary N) is 2. The quantitative estimate of drug-likeness (QED) is 0.750. The summed E-state index contributed by atoms with van der Waals surface area (Å²) in [5, 5.41) is 8.43. The van der Waals surface area contributed by atoms with Crippen LogP contribution < -0.4 is 10.6 Å². The van der Waals surface area contributed by atoms with Crippen molar-refractivity contribution in [2.75, 3.05) is 17.2 Å². The molecule has 19 heavy (non-hydrogen) atoms. The maximum Gasteiger partial charge on any atom is 0.0769 e. The fourth-order valence-corrected chi connectivity index (χ4v) is 2.68. The van der Waals surface area contributed by atoms with E-state index in [-0.39, 0.29) is 5.41 Å². The largest absolute Gasteiger partial charge is 0.382 e. The molecule has 2 heterocycles. The smallest absolute Gasteiger partial charge is 0.0769 e. The molecule has 0 saturated heterocycles. The number of hydrogen-bond donors (Lipinski definition) is 2. The second-order valence-electron chi connectivity index (χ2n) is 6.34. The molecule has 100 valence electrons. The Morgan fingerprint density at radius 2 is 2.00 bits per heavy atom. The zero-order valence-electron chi connectivity index (χ0n) is 11.8. The molecule has 0 radical (unpaired) electrons. The Kier molecular flexibility index (Phi) is 2.85. The number of benzene rings is 1. The van der Waals surface area contributed by atoms with E-state index in [1.165, 1.54) is 11.1 Å². The van der Waals surface area contributed by atoms with E-state index in [0.29, 0.717) is 6.04 Å². The molecule has 2 aromatic rings. The van der Waals surface area contributed by atoms with Gasteiger partial charge >= 0.3 is 0 Å². The normalized spacial score (nSPS) is 19.2. The molecule has 0 saturated carbocycles. The van der Waals surface area contributed by atoms with E-state index >= 15 is 0 Å². The van der Waals surface area contributed by atoms with Gasteiger partial charge in [-0.3, -0.25) is 4.98 Å². The fraction of sp³-hybridized carbons (Fsp3) is 0.438. The maximum atomic E-state index is 4.52. The van der Waals surface area contributed by atoms with Gasteiger partial charge in [-0.05, 0) is 17.9 Å². The highest BCUT2D eigenvalue weighted by molar-refractivity contribution is 5.97. The van der Waals surface area contributed by atoms with Gasteiger partial charge in [-0.1, -0.05) is 39.0 Å². The second kappa shape index (κ2) is 4.41. The minimum atomic E-state index is 0.244. The van der Waals surface area contributed by atoms with E-state index in [2.05, 4.69) is 54.6 Å². The molecule has 0 aliphatic carbocycles. The first-order valence-corrected chi connectivity index (χ1v) is 6.94. The summed E-state index contributed by atoms with van der Waals surface area (Å²) in [5.74, 6) is 0. The summed E-state index contributed by atoms with van der Waals surface area (Å²) in [5.41, 5.74) is 3.60. The van der Waals surface area contributed by atoms with Crippen LogP contribution in [0.3, 0.4) is 0 Å². The lowest BCUT2D eigenvalue weighted by molar-refractivity contribution is 0.332. The van der Waals surface area contributed by atoms with Crippen LogP contribution in [0.2, 0.25) is 0 Å². The van der Waals surface area contributed by atoms with Gasteiger partial charge in [0.15, 0.2) is 0 Å².